The average molecular weight is 254 g/mol. The number of nitrogens with two attached hydrogens (primary N) is 1. The summed E-state index contributed by atoms with van der Waals surface area (Å²) in [4.78, 5) is 1.77. The molecule has 0 saturated carbocycles. The third kappa shape index (κ3) is 4.81. The summed E-state index contributed by atoms with van der Waals surface area (Å²) in [6, 6.07) is 0. The predicted octanol–water partition coefficient (Wildman–Crippen LogP) is 1.36. The van der Waals surface area contributed by atoms with Crippen molar-refractivity contribution >= 4 is 0 Å². The maximum Gasteiger partial charge on any atom is 0.393 e. The van der Waals surface area contributed by atoms with E-state index in [2.05, 4.69) is 0 Å². The number of halogens is 3. The molecule has 1 rings (SSSR count). The second-order valence-corrected chi connectivity index (χ2v) is 5.13. The Morgan fingerprint density at radius 2 is 2.06 bits per heavy atom. The summed E-state index contributed by atoms with van der Waals surface area (Å²) in [5, 5.41) is 9.71. The van der Waals surface area contributed by atoms with Gasteiger partial charge in [0.15, 0.2) is 0 Å². The third-order valence-corrected chi connectivity index (χ3v) is 3.37. The Morgan fingerprint density at radius 3 is 2.59 bits per heavy atom. The van der Waals surface area contributed by atoms with Gasteiger partial charge in [0.05, 0.1) is 11.5 Å². The van der Waals surface area contributed by atoms with Crippen molar-refractivity contribution in [2.75, 3.05) is 26.2 Å². The van der Waals surface area contributed by atoms with Crippen LogP contribution in [-0.4, -0.2) is 48.0 Å². The lowest BCUT2D eigenvalue weighted by atomic mass is 9.96. The quantitative estimate of drug-likeness (QED) is 0.796. The molecule has 0 aromatic rings. The van der Waals surface area contributed by atoms with Crippen molar-refractivity contribution in [3.8, 4) is 0 Å². The highest BCUT2D eigenvalue weighted by Crippen LogP contribution is 2.33. The first-order valence-corrected chi connectivity index (χ1v) is 5.96. The van der Waals surface area contributed by atoms with E-state index in [4.69, 9.17) is 5.73 Å². The van der Waals surface area contributed by atoms with Crippen LogP contribution < -0.4 is 5.73 Å². The van der Waals surface area contributed by atoms with Gasteiger partial charge in [-0.3, -0.25) is 0 Å². The first kappa shape index (κ1) is 14.7. The van der Waals surface area contributed by atoms with E-state index in [-0.39, 0.29) is 19.5 Å². The molecule has 2 atom stereocenters. The van der Waals surface area contributed by atoms with Crippen molar-refractivity contribution in [3.05, 3.63) is 0 Å². The molecule has 3 N–H and O–H groups in total. The number of nitrogens with zero attached hydrogens (tertiary/aromatic N) is 1. The van der Waals surface area contributed by atoms with Gasteiger partial charge >= 0.3 is 6.18 Å². The zero-order valence-corrected chi connectivity index (χ0v) is 10.1. The first-order chi connectivity index (χ1) is 7.74. The van der Waals surface area contributed by atoms with E-state index >= 15 is 0 Å². The predicted molar refractivity (Wildman–Crippen MR) is 59.5 cm³/mol. The van der Waals surface area contributed by atoms with Crippen molar-refractivity contribution in [2.45, 2.75) is 38.0 Å². The van der Waals surface area contributed by atoms with Crippen molar-refractivity contribution < 1.29 is 18.3 Å². The highest BCUT2D eigenvalue weighted by molar-refractivity contribution is 4.81. The van der Waals surface area contributed by atoms with E-state index in [0.717, 1.165) is 0 Å². The molecule has 1 fully saturated rings. The van der Waals surface area contributed by atoms with Crippen LogP contribution in [0, 0.1) is 5.92 Å². The van der Waals surface area contributed by atoms with Gasteiger partial charge in [0.2, 0.25) is 0 Å². The summed E-state index contributed by atoms with van der Waals surface area (Å²) in [7, 11) is 0. The zero-order valence-electron chi connectivity index (χ0n) is 10.1. The number of piperidine rings is 1. The first-order valence-electron chi connectivity index (χ1n) is 5.96. The number of hydrogen-bond donors (Lipinski definition) is 2. The lowest BCUT2D eigenvalue weighted by Gasteiger charge is -2.35. The fraction of sp³-hybridized carbons (Fsp3) is 1.00. The SMILES string of the molecule is CC(O)(CN)CCN1CCCC(C(F)(F)F)C1. The van der Waals surface area contributed by atoms with Crippen LogP contribution >= 0.6 is 0 Å². The minimum absolute atomic E-state index is 0.0458. The van der Waals surface area contributed by atoms with Gasteiger partial charge in [-0.1, -0.05) is 0 Å². The van der Waals surface area contributed by atoms with E-state index in [1.165, 1.54) is 0 Å². The Kier molecular flexibility index (Phi) is 4.80. The van der Waals surface area contributed by atoms with Crippen LogP contribution in [0.25, 0.3) is 0 Å². The molecule has 3 nitrogen and oxygen atoms in total. The van der Waals surface area contributed by atoms with Gasteiger partial charge in [-0.05, 0) is 32.7 Å². The van der Waals surface area contributed by atoms with E-state index in [0.29, 0.717) is 25.9 Å². The standard InChI is InChI=1S/C11H21F3N2O/c1-10(17,8-15)4-6-16-5-2-3-9(7-16)11(12,13)14/h9,17H,2-8,15H2,1H3. The minimum atomic E-state index is -4.10. The number of likely N-dealkylation sites (tertiary alicyclic amines) is 1. The minimum Gasteiger partial charge on any atom is -0.389 e. The van der Waals surface area contributed by atoms with Crippen molar-refractivity contribution in [1.29, 1.82) is 0 Å². The molecule has 0 aromatic carbocycles. The molecule has 0 aromatic heterocycles. The summed E-state index contributed by atoms with van der Waals surface area (Å²) < 4.78 is 37.7. The normalized spacial score (nSPS) is 26.8. The second kappa shape index (κ2) is 5.54. The van der Waals surface area contributed by atoms with Crippen LogP contribution in [0.1, 0.15) is 26.2 Å². The number of aliphatic hydroxyl groups is 1. The molecule has 1 aliphatic heterocycles. The van der Waals surface area contributed by atoms with Crippen LogP contribution in [-0.2, 0) is 0 Å². The average Bonchev–Trinajstić information content (AvgIpc) is 2.26. The largest absolute Gasteiger partial charge is 0.393 e. The van der Waals surface area contributed by atoms with Crippen molar-refractivity contribution in [3.63, 3.8) is 0 Å². The van der Waals surface area contributed by atoms with Crippen molar-refractivity contribution in [2.24, 2.45) is 11.7 Å². The maximum atomic E-state index is 12.6. The third-order valence-electron chi connectivity index (χ3n) is 3.37. The summed E-state index contributed by atoms with van der Waals surface area (Å²) in [5.41, 5.74) is 4.39. The maximum absolute atomic E-state index is 12.6. The molecule has 1 aliphatic rings. The van der Waals surface area contributed by atoms with Gasteiger partial charge in [0.25, 0.3) is 0 Å². The molecule has 0 amide bonds. The molecular weight excluding hydrogens is 233 g/mol. The fourth-order valence-corrected chi connectivity index (χ4v) is 2.03. The molecule has 102 valence electrons. The summed E-state index contributed by atoms with van der Waals surface area (Å²) in [6.45, 7) is 2.93. The molecule has 6 heteroatoms. The van der Waals surface area contributed by atoms with Gasteiger partial charge < -0.3 is 15.7 Å². The van der Waals surface area contributed by atoms with Crippen molar-refractivity contribution in [1.82, 2.24) is 4.90 Å². The van der Waals surface area contributed by atoms with Crippen LogP contribution in [0.2, 0.25) is 0 Å². The number of rotatable bonds is 4. The topological polar surface area (TPSA) is 49.5 Å². The molecular formula is C11H21F3N2O. The molecule has 2 unspecified atom stereocenters. The monoisotopic (exact) mass is 254 g/mol. The van der Waals surface area contributed by atoms with Gasteiger partial charge in [0, 0.05) is 19.6 Å². The molecule has 17 heavy (non-hydrogen) atoms. The van der Waals surface area contributed by atoms with E-state index in [9.17, 15) is 18.3 Å². The molecule has 0 bridgehead atoms. The van der Waals surface area contributed by atoms with Gasteiger partial charge in [0.1, 0.15) is 0 Å². The Balaban J connectivity index is 2.40. The van der Waals surface area contributed by atoms with E-state index in [1.54, 1.807) is 11.8 Å². The Morgan fingerprint density at radius 1 is 1.41 bits per heavy atom. The van der Waals surface area contributed by atoms with Crippen LogP contribution in [0.15, 0.2) is 0 Å². The van der Waals surface area contributed by atoms with Crippen LogP contribution in [0.5, 0.6) is 0 Å². The lowest BCUT2D eigenvalue weighted by molar-refractivity contribution is -0.187. The second-order valence-electron chi connectivity index (χ2n) is 5.13. The fourth-order valence-electron chi connectivity index (χ4n) is 2.03. The lowest BCUT2D eigenvalue weighted by Crippen LogP contribution is -2.44. The Hall–Kier alpha value is -0.330. The molecule has 0 aliphatic carbocycles. The van der Waals surface area contributed by atoms with E-state index in [1.807, 2.05) is 0 Å². The molecule has 1 heterocycles. The van der Waals surface area contributed by atoms with Gasteiger partial charge in [-0.15, -0.1) is 0 Å². The summed E-state index contributed by atoms with van der Waals surface area (Å²) in [6.07, 6.45) is -2.91. The summed E-state index contributed by atoms with van der Waals surface area (Å²) >= 11 is 0. The highest BCUT2D eigenvalue weighted by atomic mass is 19.4. The number of alkyl halides is 3. The Labute approximate surface area is 99.8 Å². The smallest absolute Gasteiger partial charge is 0.389 e. The van der Waals surface area contributed by atoms with E-state index < -0.39 is 17.7 Å². The van der Waals surface area contributed by atoms with Gasteiger partial charge in [-0.2, -0.15) is 13.2 Å². The van der Waals surface area contributed by atoms with Gasteiger partial charge in [-0.25, -0.2) is 0 Å². The summed E-state index contributed by atoms with van der Waals surface area (Å²) in [5.74, 6) is -1.22. The van der Waals surface area contributed by atoms with Crippen LogP contribution in [0.3, 0.4) is 0 Å². The zero-order chi connectivity index (χ0) is 13.1. The van der Waals surface area contributed by atoms with Crippen LogP contribution in [0.4, 0.5) is 13.2 Å². The molecule has 0 radical (unpaired) electrons. The Bertz CT molecular complexity index is 243. The molecule has 1 saturated heterocycles. The number of hydrogen-bond acceptors (Lipinski definition) is 3. The highest BCUT2D eigenvalue weighted by Gasteiger charge is 2.41. The molecule has 0 spiro atoms.